The number of halogens is 1. The normalized spacial score (nSPS) is 27.1. The predicted molar refractivity (Wildman–Crippen MR) is 77.8 cm³/mol. The van der Waals surface area contributed by atoms with Crippen molar-refractivity contribution in [2.24, 2.45) is 5.92 Å². The molecular formula is C13H13BrN2OS. The van der Waals surface area contributed by atoms with E-state index in [1.165, 1.54) is 4.91 Å². The van der Waals surface area contributed by atoms with Gasteiger partial charge in [-0.15, -0.1) is 11.8 Å². The molecule has 1 aromatic rings. The first-order valence-corrected chi connectivity index (χ1v) is 7.48. The van der Waals surface area contributed by atoms with Gasteiger partial charge in [0, 0.05) is 4.47 Å². The van der Waals surface area contributed by atoms with E-state index in [1.54, 1.807) is 11.8 Å². The van der Waals surface area contributed by atoms with E-state index in [9.17, 15) is 4.79 Å². The van der Waals surface area contributed by atoms with Gasteiger partial charge in [0.15, 0.2) is 0 Å². The van der Waals surface area contributed by atoms with E-state index < -0.39 is 0 Å². The Hall–Kier alpha value is -0.780. The van der Waals surface area contributed by atoms with E-state index >= 15 is 0 Å². The van der Waals surface area contributed by atoms with Crippen LogP contribution in [-0.2, 0) is 4.79 Å². The first-order chi connectivity index (χ1) is 8.66. The summed E-state index contributed by atoms with van der Waals surface area (Å²) in [6.07, 6.45) is 0. The van der Waals surface area contributed by atoms with Crippen molar-refractivity contribution in [3.05, 3.63) is 39.2 Å². The molecule has 2 heterocycles. The van der Waals surface area contributed by atoms with Gasteiger partial charge in [-0.05, 0) is 35.1 Å². The second kappa shape index (κ2) is 4.72. The molecule has 5 heteroatoms. The van der Waals surface area contributed by atoms with Crippen LogP contribution in [0.1, 0.15) is 12.5 Å². The Kier molecular flexibility index (Phi) is 3.21. The van der Waals surface area contributed by atoms with Crippen LogP contribution in [0.2, 0.25) is 0 Å². The number of carbonyl (C=O) groups is 1. The van der Waals surface area contributed by atoms with Crippen LogP contribution in [0.25, 0.3) is 5.57 Å². The van der Waals surface area contributed by atoms with E-state index in [4.69, 9.17) is 0 Å². The second-order valence-corrected chi connectivity index (χ2v) is 6.69. The van der Waals surface area contributed by atoms with Crippen molar-refractivity contribution < 1.29 is 4.79 Å². The minimum absolute atomic E-state index is 0.0788. The molecular weight excluding hydrogens is 312 g/mol. The molecule has 1 aromatic carbocycles. The SMILES string of the molecule is CC1=C(c2ccc(Br)cc2)C2C(=O)NCNC2S1. The smallest absolute Gasteiger partial charge is 0.231 e. The summed E-state index contributed by atoms with van der Waals surface area (Å²) in [5, 5.41) is 6.39. The van der Waals surface area contributed by atoms with Crippen molar-refractivity contribution >= 4 is 39.2 Å². The first kappa shape index (κ1) is 12.3. The summed E-state index contributed by atoms with van der Waals surface area (Å²) in [5.41, 5.74) is 2.29. The molecule has 0 spiro atoms. The Bertz CT molecular complexity index is 526. The molecule has 1 fully saturated rings. The molecule has 0 aliphatic carbocycles. The van der Waals surface area contributed by atoms with Gasteiger partial charge < -0.3 is 5.32 Å². The molecule has 2 unspecified atom stereocenters. The van der Waals surface area contributed by atoms with Crippen LogP contribution in [-0.4, -0.2) is 17.9 Å². The number of rotatable bonds is 1. The average Bonchev–Trinajstić information content (AvgIpc) is 2.68. The highest BCUT2D eigenvalue weighted by Crippen LogP contribution is 2.46. The first-order valence-electron chi connectivity index (χ1n) is 5.81. The van der Waals surface area contributed by atoms with Crippen molar-refractivity contribution in [3.63, 3.8) is 0 Å². The predicted octanol–water partition coefficient (Wildman–Crippen LogP) is 2.55. The Labute approximate surface area is 119 Å². The number of hydrogen-bond acceptors (Lipinski definition) is 3. The topological polar surface area (TPSA) is 41.1 Å². The zero-order valence-electron chi connectivity index (χ0n) is 9.87. The number of amides is 1. The van der Waals surface area contributed by atoms with Crippen LogP contribution in [0.4, 0.5) is 0 Å². The van der Waals surface area contributed by atoms with Crippen LogP contribution < -0.4 is 10.6 Å². The monoisotopic (exact) mass is 324 g/mol. The molecule has 2 atom stereocenters. The fourth-order valence-corrected chi connectivity index (χ4v) is 4.06. The Morgan fingerprint density at radius 3 is 2.78 bits per heavy atom. The van der Waals surface area contributed by atoms with E-state index in [2.05, 4.69) is 45.6 Å². The molecule has 2 aliphatic heterocycles. The Morgan fingerprint density at radius 1 is 1.33 bits per heavy atom. The summed E-state index contributed by atoms with van der Waals surface area (Å²) in [5.74, 6) is 0.0472. The summed E-state index contributed by atoms with van der Waals surface area (Å²) >= 11 is 5.19. The number of hydrogen-bond donors (Lipinski definition) is 2. The average molecular weight is 325 g/mol. The van der Waals surface area contributed by atoms with Crippen molar-refractivity contribution in [3.8, 4) is 0 Å². The molecule has 3 nitrogen and oxygen atoms in total. The Morgan fingerprint density at radius 2 is 2.06 bits per heavy atom. The molecule has 2 N–H and O–H groups in total. The van der Waals surface area contributed by atoms with Gasteiger partial charge in [-0.2, -0.15) is 0 Å². The van der Waals surface area contributed by atoms with Gasteiger partial charge in [-0.25, -0.2) is 0 Å². The molecule has 1 saturated heterocycles. The molecule has 3 rings (SSSR count). The molecule has 0 radical (unpaired) electrons. The van der Waals surface area contributed by atoms with Gasteiger partial charge in [0.2, 0.25) is 5.91 Å². The van der Waals surface area contributed by atoms with Crippen molar-refractivity contribution in [2.45, 2.75) is 12.3 Å². The third-order valence-corrected chi connectivity index (χ3v) is 5.10. The number of benzene rings is 1. The molecule has 0 saturated carbocycles. The molecule has 2 aliphatic rings. The van der Waals surface area contributed by atoms with Gasteiger partial charge in [-0.1, -0.05) is 28.1 Å². The number of allylic oxidation sites excluding steroid dienone is 1. The minimum atomic E-state index is -0.0788. The Balaban J connectivity index is 2.01. The zero-order chi connectivity index (χ0) is 12.7. The highest BCUT2D eigenvalue weighted by Gasteiger charge is 2.41. The number of nitrogens with one attached hydrogen (secondary N) is 2. The van der Waals surface area contributed by atoms with Gasteiger partial charge >= 0.3 is 0 Å². The minimum Gasteiger partial charge on any atom is -0.343 e. The van der Waals surface area contributed by atoms with Crippen LogP contribution in [0.15, 0.2) is 33.6 Å². The van der Waals surface area contributed by atoms with Crippen LogP contribution in [0.5, 0.6) is 0 Å². The van der Waals surface area contributed by atoms with Crippen LogP contribution >= 0.6 is 27.7 Å². The quantitative estimate of drug-likeness (QED) is 0.834. The lowest BCUT2D eigenvalue weighted by Gasteiger charge is -2.27. The lowest BCUT2D eigenvalue weighted by molar-refractivity contribution is -0.124. The molecule has 0 aromatic heterocycles. The highest BCUT2D eigenvalue weighted by atomic mass is 79.9. The molecule has 18 heavy (non-hydrogen) atoms. The van der Waals surface area contributed by atoms with E-state index in [0.29, 0.717) is 6.67 Å². The van der Waals surface area contributed by atoms with Gasteiger partial charge in [0.25, 0.3) is 0 Å². The van der Waals surface area contributed by atoms with Gasteiger partial charge in [-0.3, -0.25) is 10.1 Å². The van der Waals surface area contributed by atoms with Gasteiger partial charge in [0.1, 0.15) is 0 Å². The summed E-state index contributed by atoms with van der Waals surface area (Å²) < 4.78 is 1.05. The van der Waals surface area contributed by atoms with Crippen molar-refractivity contribution in [1.29, 1.82) is 0 Å². The summed E-state index contributed by atoms with van der Waals surface area (Å²) in [6, 6.07) is 8.16. The highest BCUT2D eigenvalue weighted by molar-refractivity contribution is 9.10. The van der Waals surface area contributed by atoms with E-state index in [0.717, 1.165) is 15.6 Å². The zero-order valence-corrected chi connectivity index (χ0v) is 12.3. The third kappa shape index (κ3) is 2.00. The van der Waals surface area contributed by atoms with Crippen molar-refractivity contribution in [1.82, 2.24) is 10.6 Å². The largest absolute Gasteiger partial charge is 0.343 e. The maximum absolute atomic E-state index is 12.1. The lowest BCUT2D eigenvalue weighted by atomic mass is 9.90. The number of fused-ring (bicyclic) bond motifs is 1. The van der Waals surface area contributed by atoms with Gasteiger partial charge in [0.05, 0.1) is 18.0 Å². The number of carbonyl (C=O) groups excluding carboxylic acids is 1. The third-order valence-electron chi connectivity index (χ3n) is 3.30. The van der Waals surface area contributed by atoms with E-state index in [1.807, 2.05) is 12.1 Å². The fraction of sp³-hybridized carbons (Fsp3) is 0.308. The summed E-state index contributed by atoms with van der Waals surface area (Å²) in [7, 11) is 0. The van der Waals surface area contributed by atoms with Crippen molar-refractivity contribution in [2.75, 3.05) is 6.67 Å². The maximum Gasteiger partial charge on any atom is 0.231 e. The molecule has 1 amide bonds. The van der Waals surface area contributed by atoms with E-state index in [-0.39, 0.29) is 17.2 Å². The van der Waals surface area contributed by atoms with Crippen LogP contribution in [0, 0.1) is 5.92 Å². The van der Waals surface area contributed by atoms with Crippen LogP contribution in [0.3, 0.4) is 0 Å². The summed E-state index contributed by atoms with van der Waals surface area (Å²) in [4.78, 5) is 13.3. The molecule has 0 bridgehead atoms. The lowest BCUT2D eigenvalue weighted by Crippen LogP contribution is -2.52. The number of thioether (sulfide) groups is 1. The standard InChI is InChI=1S/C13H13BrN2OS/c1-7-10(8-2-4-9(14)5-3-8)11-12(17)15-6-16-13(11)18-7/h2-5,11,13,16H,6H2,1H3,(H,15,17). The molecule has 94 valence electrons. The maximum atomic E-state index is 12.1. The second-order valence-electron chi connectivity index (χ2n) is 4.41. The summed E-state index contributed by atoms with van der Waals surface area (Å²) in [6.45, 7) is 2.66. The fourth-order valence-electron chi connectivity index (χ4n) is 2.48.